The number of carbonyl (C=O) groups excluding carboxylic acids is 2. The quantitative estimate of drug-likeness (QED) is 0.739. The van der Waals surface area contributed by atoms with Crippen molar-refractivity contribution in [2.75, 3.05) is 31.5 Å². The fraction of sp³-hybridized carbons (Fsp3) is 0.636. The predicted octanol–water partition coefficient (Wildman–Crippen LogP) is 3.07. The molecule has 0 bridgehead atoms. The van der Waals surface area contributed by atoms with E-state index in [0.29, 0.717) is 37.4 Å². The normalized spacial score (nSPS) is 28.3. The van der Waals surface area contributed by atoms with Crippen LogP contribution in [0.3, 0.4) is 0 Å². The Kier molecular flexibility index (Phi) is 5.13. The molecule has 9 heteroatoms. The Bertz CT molecular complexity index is 901. The Balaban J connectivity index is 1.11. The standard InChI is InChI=1S/C22H27ClF2N4O2/c23-15-1-2-17-14(9-15)12-28-7-8-29(13-18(28)27-17)19(30)11-26-20(31)16-10-21(16)3-5-22(24,25)6-4-21/h1-2,9,16,18,27H,3-8,10-13H2,(H,26,31). The largest absolute Gasteiger partial charge is 0.368 e. The zero-order valence-electron chi connectivity index (χ0n) is 17.3. The van der Waals surface area contributed by atoms with Crippen LogP contribution < -0.4 is 10.6 Å². The third-order valence-electron chi connectivity index (χ3n) is 7.50. The first-order chi connectivity index (χ1) is 14.7. The highest BCUT2D eigenvalue weighted by molar-refractivity contribution is 6.30. The molecule has 1 aromatic carbocycles. The lowest BCUT2D eigenvalue weighted by atomic mass is 9.82. The fourth-order valence-corrected chi connectivity index (χ4v) is 5.58. The Labute approximate surface area is 185 Å². The molecule has 1 aromatic rings. The maximum atomic E-state index is 13.4. The third kappa shape index (κ3) is 4.12. The van der Waals surface area contributed by atoms with Gasteiger partial charge in [0.15, 0.2) is 0 Å². The minimum Gasteiger partial charge on any atom is -0.368 e. The van der Waals surface area contributed by atoms with E-state index in [4.69, 9.17) is 11.6 Å². The van der Waals surface area contributed by atoms with Crippen molar-refractivity contribution in [3.63, 3.8) is 0 Å². The van der Waals surface area contributed by atoms with E-state index in [1.807, 2.05) is 18.2 Å². The first kappa shape index (κ1) is 20.9. The van der Waals surface area contributed by atoms with Gasteiger partial charge in [-0.2, -0.15) is 0 Å². The molecule has 2 aliphatic carbocycles. The second-order valence-corrected chi connectivity index (χ2v) is 9.90. The van der Waals surface area contributed by atoms with Gasteiger partial charge in [0, 0.05) is 49.1 Å². The van der Waals surface area contributed by atoms with Gasteiger partial charge in [-0.25, -0.2) is 8.78 Å². The minimum absolute atomic E-state index is 0.0256. The van der Waals surface area contributed by atoms with Crippen molar-refractivity contribution < 1.29 is 18.4 Å². The lowest BCUT2D eigenvalue weighted by Crippen LogP contribution is -2.59. The first-order valence-electron chi connectivity index (χ1n) is 11.0. The third-order valence-corrected chi connectivity index (χ3v) is 7.74. The number of carbonyl (C=O) groups is 2. The highest BCUT2D eigenvalue weighted by Crippen LogP contribution is 2.63. The summed E-state index contributed by atoms with van der Waals surface area (Å²) in [5.41, 5.74) is 1.92. The van der Waals surface area contributed by atoms with E-state index in [1.165, 1.54) is 0 Å². The van der Waals surface area contributed by atoms with Crippen molar-refractivity contribution in [3.8, 4) is 0 Å². The Hall–Kier alpha value is -1.93. The van der Waals surface area contributed by atoms with Crippen LogP contribution in [0.1, 0.15) is 37.7 Å². The van der Waals surface area contributed by atoms with Gasteiger partial charge >= 0.3 is 0 Å². The van der Waals surface area contributed by atoms with Crippen molar-refractivity contribution in [3.05, 3.63) is 28.8 Å². The molecule has 2 atom stereocenters. The molecule has 0 aromatic heterocycles. The minimum atomic E-state index is -2.59. The average Bonchev–Trinajstić information content (AvgIpc) is 3.46. The number of benzene rings is 1. The van der Waals surface area contributed by atoms with Crippen LogP contribution in [0.5, 0.6) is 0 Å². The Morgan fingerprint density at radius 1 is 1.19 bits per heavy atom. The van der Waals surface area contributed by atoms with Crippen molar-refractivity contribution in [2.24, 2.45) is 11.3 Å². The van der Waals surface area contributed by atoms with Crippen LogP contribution in [-0.2, 0) is 16.1 Å². The van der Waals surface area contributed by atoms with Crippen molar-refractivity contribution in [1.82, 2.24) is 15.1 Å². The van der Waals surface area contributed by atoms with Crippen molar-refractivity contribution in [1.29, 1.82) is 0 Å². The molecule has 31 heavy (non-hydrogen) atoms. The van der Waals surface area contributed by atoms with Gasteiger partial charge < -0.3 is 15.5 Å². The van der Waals surface area contributed by atoms with E-state index >= 15 is 0 Å². The van der Waals surface area contributed by atoms with Gasteiger partial charge in [0.05, 0.1) is 19.3 Å². The number of hydrogen-bond donors (Lipinski definition) is 2. The number of amides is 2. The van der Waals surface area contributed by atoms with Gasteiger partial charge in [-0.15, -0.1) is 0 Å². The van der Waals surface area contributed by atoms with Crippen LogP contribution in [0.25, 0.3) is 0 Å². The molecule has 2 unspecified atom stereocenters. The molecular formula is C22H27ClF2N4O2. The molecule has 2 aliphatic heterocycles. The molecule has 168 valence electrons. The molecule has 2 saturated carbocycles. The lowest BCUT2D eigenvalue weighted by molar-refractivity contribution is -0.135. The van der Waals surface area contributed by atoms with Crippen LogP contribution in [0, 0.1) is 11.3 Å². The van der Waals surface area contributed by atoms with E-state index < -0.39 is 5.92 Å². The number of rotatable bonds is 3. The van der Waals surface area contributed by atoms with Gasteiger partial charge in [-0.1, -0.05) is 11.6 Å². The molecule has 3 fully saturated rings. The highest BCUT2D eigenvalue weighted by atomic mass is 35.5. The number of fused-ring (bicyclic) bond motifs is 2. The second-order valence-electron chi connectivity index (χ2n) is 9.46. The number of piperazine rings is 1. The molecule has 6 nitrogen and oxygen atoms in total. The van der Waals surface area contributed by atoms with E-state index in [0.717, 1.165) is 24.3 Å². The van der Waals surface area contributed by atoms with Gasteiger partial charge in [-0.3, -0.25) is 14.5 Å². The molecule has 2 N–H and O–H groups in total. The number of alkyl halides is 2. The predicted molar refractivity (Wildman–Crippen MR) is 113 cm³/mol. The van der Waals surface area contributed by atoms with Crippen LogP contribution in [0.4, 0.5) is 14.5 Å². The van der Waals surface area contributed by atoms with Crippen LogP contribution in [0.15, 0.2) is 18.2 Å². The Morgan fingerprint density at radius 3 is 2.74 bits per heavy atom. The van der Waals surface area contributed by atoms with Crippen molar-refractivity contribution >= 4 is 29.1 Å². The molecule has 1 saturated heterocycles. The average molecular weight is 453 g/mol. The van der Waals surface area contributed by atoms with E-state index in [-0.39, 0.29) is 48.7 Å². The van der Waals surface area contributed by atoms with Crippen LogP contribution in [0.2, 0.25) is 5.02 Å². The number of nitrogens with one attached hydrogen (secondary N) is 2. The maximum absolute atomic E-state index is 13.4. The summed E-state index contributed by atoms with van der Waals surface area (Å²) in [4.78, 5) is 29.3. The summed E-state index contributed by atoms with van der Waals surface area (Å²) in [6.07, 6.45) is 1.21. The SMILES string of the molecule is O=C(NCC(=O)N1CCN2Cc3cc(Cl)ccc3NC2C1)C1CC12CCC(F)(F)CC2. The molecular weight excluding hydrogens is 426 g/mol. The maximum Gasteiger partial charge on any atom is 0.248 e. The fourth-order valence-electron chi connectivity index (χ4n) is 5.39. The highest BCUT2D eigenvalue weighted by Gasteiger charge is 2.60. The molecule has 4 aliphatic rings. The molecule has 2 amide bonds. The van der Waals surface area contributed by atoms with Crippen LogP contribution in [-0.4, -0.2) is 59.9 Å². The summed E-state index contributed by atoms with van der Waals surface area (Å²) in [5, 5.41) is 6.95. The zero-order chi connectivity index (χ0) is 21.8. The zero-order valence-corrected chi connectivity index (χ0v) is 18.1. The second kappa shape index (κ2) is 7.59. The van der Waals surface area contributed by atoms with Crippen molar-refractivity contribution in [2.45, 2.75) is 50.7 Å². The summed E-state index contributed by atoms with van der Waals surface area (Å²) in [7, 11) is 0. The first-order valence-corrected chi connectivity index (χ1v) is 11.3. The number of hydrogen-bond acceptors (Lipinski definition) is 4. The van der Waals surface area contributed by atoms with Crippen LogP contribution >= 0.6 is 11.6 Å². The smallest absolute Gasteiger partial charge is 0.248 e. The topological polar surface area (TPSA) is 64.7 Å². The number of anilines is 1. The summed E-state index contributed by atoms with van der Waals surface area (Å²) < 4.78 is 26.8. The summed E-state index contributed by atoms with van der Waals surface area (Å²) in [6.45, 7) is 2.63. The molecule has 0 radical (unpaired) electrons. The van der Waals surface area contributed by atoms with Gasteiger partial charge in [0.1, 0.15) is 0 Å². The van der Waals surface area contributed by atoms with Gasteiger partial charge in [-0.05, 0) is 48.4 Å². The monoisotopic (exact) mass is 452 g/mol. The van der Waals surface area contributed by atoms with Gasteiger partial charge in [0.25, 0.3) is 0 Å². The lowest BCUT2D eigenvalue weighted by Gasteiger charge is -2.45. The summed E-state index contributed by atoms with van der Waals surface area (Å²) in [5.74, 6) is -3.09. The van der Waals surface area contributed by atoms with E-state index in [9.17, 15) is 18.4 Å². The van der Waals surface area contributed by atoms with E-state index in [2.05, 4.69) is 15.5 Å². The Morgan fingerprint density at radius 2 is 1.97 bits per heavy atom. The molecule has 1 spiro atoms. The number of nitrogens with zero attached hydrogens (tertiary/aromatic N) is 2. The molecule has 2 heterocycles. The summed E-state index contributed by atoms with van der Waals surface area (Å²) in [6, 6.07) is 5.77. The van der Waals surface area contributed by atoms with Gasteiger partial charge in [0.2, 0.25) is 17.7 Å². The number of halogens is 3. The summed E-state index contributed by atoms with van der Waals surface area (Å²) >= 11 is 6.10. The molecule has 5 rings (SSSR count). The van der Waals surface area contributed by atoms with E-state index in [1.54, 1.807) is 4.90 Å².